The van der Waals surface area contributed by atoms with E-state index in [-0.39, 0.29) is 24.1 Å². The Kier molecular flexibility index (Phi) is 3.72. The predicted octanol–water partition coefficient (Wildman–Crippen LogP) is 0.250. The number of rotatable bonds is 4. The van der Waals surface area contributed by atoms with Crippen molar-refractivity contribution in [2.45, 2.75) is 19.1 Å². The molecule has 3 aromatic rings. The van der Waals surface area contributed by atoms with Gasteiger partial charge in [0.15, 0.2) is 5.65 Å². The summed E-state index contributed by atoms with van der Waals surface area (Å²) < 4.78 is 8.59. The second-order valence-corrected chi connectivity index (χ2v) is 6.04. The van der Waals surface area contributed by atoms with E-state index in [1.54, 1.807) is 7.05 Å². The van der Waals surface area contributed by atoms with E-state index in [1.807, 2.05) is 24.3 Å². The topological polar surface area (TPSA) is 91.0 Å². The molecular weight excluding hydrogens is 322 g/mol. The molecule has 0 spiro atoms. The van der Waals surface area contributed by atoms with Crippen LogP contribution < -0.4 is 15.6 Å². The number of carbonyl (C=O) groups is 1. The van der Waals surface area contributed by atoms with Crippen LogP contribution in [-0.2, 0) is 24.8 Å². The van der Waals surface area contributed by atoms with Crippen LogP contribution in [0, 0.1) is 0 Å². The number of aromatic nitrogens is 4. The molecular formula is C17H17N5O3. The zero-order chi connectivity index (χ0) is 17.4. The molecule has 3 heterocycles. The lowest BCUT2D eigenvalue weighted by molar-refractivity contribution is -0.122. The summed E-state index contributed by atoms with van der Waals surface area (Å²) in [7, 11) is 1.71. The van der Waals surface area contributed by atoms with Crippen molar-refractivity contribution in [3.05, 3.63) is 52.7 Å². The molecule has 1 aromatic carbocycles. The summed E-state index contributed by atoms with van der Waals surface area (Å²) in [6, 6.07) is 7.84. The van der Waals surface area contributed by atoms with Crippen LogP contribution in [0.3, 0.4) is 0 Å². The normalized spacial score (nSPS) is 15.8. The van der Waals surface area contributed by atoms with Gasteiger partial charge in [0.25, 0.3) is 5.56 Å². The minimum Gasteiger partial charge on any atom is -0.488 e. The summed E-state index contributed by atoms with van der Waals surface area (Å²) in [5, 5.41) is 7.22. The van der Waals surface area contributed by atoms with Gasteiger partial charge in [0.2, 0.25) is 5.91 Å². The van der Waals surface area contributed by atoms with Gasteiger partial charge in [-0.25, -0.2) is 4.98 Å². The van der Waals surface area contributed by atoms with E-state index >= 15 is 0 Å². The number of aryl methyl sites for hydroxylation is 1. The molecule has 8 nitrogen and oxygen atoms in total. The third kappa shape index (κ3) is 2.86. The molecule has 0 fully saturated rings. The largest absolute Gasteiger partial charge is 0.488 e. The lowest BCUT2D eigenvalue weighted by Gasteiger charge is -2.12. The fourth-order valence-corrected chi connectivity index (χ4v) is 2.99. The smallest absolute Gasteiger partial charge is 0.264 e. The molecule has 1 aliphatic heterocycles. The first kappa shape index (κ1) is 15.4. The first-order valence-electron chi connectivity index (χ1n) is 8.00. The highest BCUT2D eigenvalue weighted by Gasteiger charge is 2.22. The lowest BCUT2D eigenvalue weighted by Crippen LogP contribution is -2.38. The van der Waals surface area contributed by atoms with E-state index in [1.165, 1.54) is 21.8 Å². The summed E-state index contributed by atoms with van der Waals surface area (Å²) in [5.74, 6) is 0.607. The number of hydrogen-bond acceptors (Lipinski definition) is 5. The second kappa shape index (κ2) is 6.04. The van der Waals surface area contributed by atoms with Gasteiger partial charge in [-0.15, -0.1) is 0 Å². The lowest BCUT2D eigenvalue weighted by atomic mass is 10.1. The standard InChI is InChI=1S/C17H17N5O3/c1-21-16-13(8-20-21)17(24)22(10-19-16)9-15(23)18-7-12-6-11-4-2-3-5-14(11)25-12/h2-5,8,10,12H,6-7,9H2,1H3,(H,18,23)/t12-/m1/s1. The molecule has 128 valence electrons. The first-order chi connectivity index (χ1) is 12.1. The van der Waals surface area contributed by atoms with E-state index < -0.39 is 0 Å². The van der Waals surface area contributed by atoms with E-state index in [0.717, 1.165) is 17.7 Å². The third-order valence-electron chi connectivity index (χ3n) is 4.27. The summed E-state index contributed by atoms with van der Waals surface area (Å²) in [6.45, 7) is 0.307. The highest BCUT2D eigenvalue weighted by atomic mass is 16.5. The Labute approximate surface area is 143 Å². The first-order valence-corrected chi connectivity index (χ1v) is 8.00. The molecule has 25 heavy (non-hydrogen) atoms. The molecule has 1 aliphatic rings. The van der Waals surface area contributed by atoms with E-state index in [0.29, 0.717) is 17.6 Å². The van der Waals surface area contributed by atoms with Gasteiger partial charge in [0, 0.05) is 13.5 Å². The van der Waals surface area contributed by atoms with Crippen LogP contribution in [0.2, 0.25) is 0 Å². The number of para-hydroxylation sites is 1. The van der Waals surface area contributed by atoms with Crippen LogP contribution in [0.5, 0.6) is 5.75 Å². The Morgan fingerprint density at radius 3 is 3.08 bits per heavy atom. The summed E-state index contributed by atoms with van der Waals surface area (Å²) >= 11 is 0. The molecule has 1 atom stereocenters. The monoisotopic (exact) mass is 339 g/mol. The molecule has 0 saturated carbocycles. The van der Waals surface area contributed by atoms with Crippen molar-refractivity contribution >= 4 is 16.9 Å². The van der Waals surface area contributed by atoms with Gasteiger partial charge in [-0.2, -0.15) is 5.10 Å². The van der Waals surface area contributed by atoms with Gasteiger partial charge in [0.1, 0.15) is 30.1 Å². The van der Waals surface area contributed by atoms with Gasteiger partial charge in [-0.05, 0) is 11.6 Å². The van der Waals surface area contributed by atoms with Crippen LogP contribution in [-0.4, -0.2) is 37.9 Å². The Hall–Kier alpha value is -3.16. The Bertz CT molecular complexity index is 982. The molecule has 0 saturated heterocycles. The SMILES string of the molecule is Cn1ncc2c(=O)n(CC(=O)NC[C@H]3Cc4ccccc4O3)cnc21. The van der Waals surface area contributed by atoms with Gasteiger partial charge in [-0.3, -0.25) is 18.8 Å². The van der Waals surface area contributed by atoms with Gasteiger partial charge >= 0.3 is 0 Å². The van der Waals surface area contributed by atoms with Crippen LogP contribution in [0.1, 0.15) is 5.56 Å². The van der Waals surface area contributed by atoms with Crippen LogP contribution in [0.4, 0.5) is 0 Å². The van der Waals surface area contributed by atoms with Gasteiger partial charge in [0.05, 0.1) is 12.7 Å². The third-order valence-corrected chi connectivity index (χ3v) is 4.27. The molecule has 1 amide bonds. The number of ether oxygens (including phenoxy) is 1. The molecule has 0 aliphatic carbocycles. The number of nitrogens with zero attached hydrogens (tertiary/aromatic N) is 4. The van der Waals surface area contributed by atoms with Crippen LogP contribution >= 0.6 is 0 Å². The molecule has 2 aromatic heterocycles. The average molecular weight is 339 g/mol. The summed E-state index contributed by atoms with van der Waals surface area (Å²) in [4.78, 5) is 28.7. The van der Waals surface area contributed by atoms with Crippen molar-refractivity contribution < 1.29 is 9.53 Å². The van der Waals surface area contributed by atoms with E-state index in [2.05, 4.69) is 15.4 Å². The second-order valence-electron chi connectivity index (χ2n) is 6.04. The minimum absolute atomic E-state index is 0.0861. The zero-order valence-corrected chi connectivity index (χ0v) is 13.7. The van der Waals surface area contributed by atoms with Crippen LogP contribution in [0.25, 0.3) is 11.0 Å². The summed E-state index contributed by atoms with van der Waals surface area (Å²) in [5.41, 5.74) is 1.36. The number of fused-ring (bicyclic) bond motifs is 2. The number of nitrogens with one attached hydrogen (secondary N) is 1. The van der Waals surface area contributed by atoms with Gasteiger partial charge < -0.3 is 10.1 Å². The Morgan fingerprint density at radius 2 is 2.24 bits per heavy atom. The fraction of sp³-hybridized carbons (Fsp3) is 0.294. The molecule has 4 rings (SSSR count). The zero-order valence-electron chi connectivity index (χ0n) is 13.7. The number of amides is 1. The van der Waals surface area contributed by atoms with Crippen molar-refractivity contribution in [2.24, 2.45) is 7.05 Å². The maximum Gasteiger partial charge on any atom is 0.264 e. The highest BCUT2D eigenvalue weighted by Crippen LogP contribution is 2.27. The maximum atomic E-state index is 12.4. The maximum absolute atomic E-state index is 12.4. The van der Waals surface area contributed by atoms with E-state index in [4.69, 9.17) is 4.74 Å². The molecule has 0 unspecified atom stereocenters. The van der Waals surface area contributed by atoms with Crippen molar-refractivity contribution in [3.8, 4) is 5.75 Å². The fourth-order valence-electron chi connectivity index (χ4n) is 2.99. The highest BCUT2D eigenvalue weighted by molar-refractivity contribution is 5.77. The van der Waals surface area contributed by atoms with Gasteiger partial charge in [-0.1, -0.05) is 18.2 Å². The molecule has 8 heteroatoms. The molecule has 0 bridgehead atoms. The number of carbonyl (C=O) groups excluding carboxylic acids is 1. The van der Waals surface area contributed by atoms with Crippen molar-refractivity contribution in [1.29, 1.82) is 0 Å². The predicted molar refractivity (Wildman–Crippen MR) is 90.3 cm³/mol. The minimum atomic E-state index is -0.280. The Balaban J connectivity index is 1.38. The number of benzene rings is 1. The number of hydrogen-bond donors (Lipinski definition) is 1. The average Bonchev–Trinajstić information content (AvgIpc) is 3.19. The molecule has 0 radical (unpaired) electrons. The quantitative estimate of drug-likeness (QED) is 0.736. The summed E-state index contributed by atoms with van der Waals surface area (Å²) in [6.07, 6.45) is 3.51. The van der Waals surface area contributed by atoms with Crippen molar-refractivity contribution in [2.75, 3.05) is 6.54 Å². The van der Waals surface area contributed by atoms with Crippen LogP contribution in [0.15, 0.2) is 41.6 Å². The Morgan fingerprint density at radius 1 is 1.40 bits per heavy atom. The van der Waals surface area contributed by atoms with E-state index in [9.17, 15) is 9.59 Å². The van der Waals surface area contributed by atoms with Crippen molar-refractivity contribution in [1.82, 2.24) is 24.6 Å². The van der Waals surface area contributed by atoms with Crippen molar-refractivity contribution in [3.63, 3.8) is 0 Å². The molecule has 1 N–H and O–H groups in total.